The molecule has 1 aromatic heterocycles. The standard InChI is InChI=1S/C15H19N3O4S2/c1-17(2)18(13-8-10-23(19,20)11-13)24(21,22)14-7-3-5-12-6-4-9-16-15(12)14/h3-7,9,13H,8,10-11H2,1-2H3/t13-/m1/s1. The Morgan fingerprint density at radius 1 is 1.17 bits per heavy atom. The molecule has 7 nitrogen and oxygen atoms in total. The topological polar surface area (TPSA) is 87.7 Å². The molecule has 1 fully saturated rings. The number of pyridine rings is 1. The number of hydrogen-bond acceptors (Lipinski definition) is 6. The van der Waals surface area contributed by atoms with Crippen molar-refractivity contribution in [3.8, 4) is 0 Å². The molecule has 1 aliphatic rings. The lowest BCUT2D eigenvalue weighted by Gasteiger charge is -2.32. The maximum Gasteiger partial charge on any atom is 0.258 e. The van der Waals surface area contributed by atoms with Gasteiger partial charge in [-0.1, -0.05) is 18.2 Å². The summed E-state index contributed by atoms with van der Waals surface area (Å²) < 4.78 is 51.2. The molecule has 9 heteroatoms. The van der Waals surface area contributed by atoms with Gasteiger partial charge in [-0.2, -0.15) is 0 Å². The predicted molar refractivity (Wildman–Crippen MR) is 91.5 cm³/mol. The first-order valence-corrected chi connectivity index (χ1v) is 10.7. The van der Waals surface area contributed by atoms with Crippen LogP contribution in [0.3, 0.4) is 0 Å². The summed E-state index contributed by atoms with van der Waals surface area (Å²) in [6, 6.07) is 7.89. The number of sulfone groups is 1. The third-order valence-electron chi connectivity index (χ3n) is 4.03. The molecule has 0 N–H and O–H groups in total. The van der Waals surface area contributed by atoms with Crippen LogP contribution in [0.1, 0.15) is 6.42 Å². The molecular formula is C15H19N3O4S2. The van der Waals surface area contributed by atoms with E-state index in [1.807, 2.05) is 0 Å². The van der Waals surface area contributed by atoms with Crippen LogP contribution in [0.4, 0.5) is 0 Å². The van der Waals surface area contributed by atoms with Gasteiger partial charge < -0.3 is 0 Å². The highest BCUT2D eigenvalue weighted by molar-refractivity contribution is 7.92. The number of para-hydroxylation sites is 1. The summed E-state index contributed by atoms with van der Waals surface area (Å²) in [5.74, 6) is -0.159. The molecule has 24 heavy (non-hydrogen) atoms. The Kier molecular flexibility index (Phi) is 4.37. The van der Waals surface area contributed by atoms with Crippen molar-refractivity contribution in [3.63, 3.8) is 0 Å². The molecule has 0 saturated carbocycles. The van der Waals surface area contributed by atoms with Crippen LogP contribution in [-0.4, -0.2) is 62.9 Å². The SMILES string of the molecule is CN(C)N([C@@H]1CCS(=O)(=O)C1)S(=O)(=O)c1cccc2cccnc12. The van der Waals surface area contributed by atoms with Crippen molar-refractivity contribution in [2.45, 2.75) is 17.4 Å². The average molecular weight is 369 g/mol. The van der Waals surface area contributed by atoms with Crippen molar-refractivity contribution < 1.29 is 16.8 Å². The van der Waals surface area contributed by atoms with E-state index in [-0.39, 0.29) is 22.8 Å². The van der Waals surface area contributed by atoms with Crippen LogP contribution in [0.25, 0.3) is 10.9 Å². The van der Waals surface area contributed by atoms with Gasteiger partial charge in [-0.25, -0.2) is 21.8 Å². The van der Waals surface area contributed by atoms with Crippen LogP contribution < -0.4 is 0 Å². The molecule has 2 heterocycles. The van der Waals surface area contributed by atoms with Crippen LogP contribution in [0, 0.1) is 0 Å². The van der Waals surface area contributed by atoms with Crippen LogP contribution >= 0.6 is 0 Å². The zero-order chi connectivity index (χ0) is 17.5. The normalized spacial score (nSPS) is 20.9. The summed E-state index contributed by atoms with van der Waals surface area (Å²) in [5.41, 5.74) is 0.382. The van der Waals surface area contributed by atoms with Crippen LogP contribution in [0.15, 0.2) is 41.4 Å². The van der Waals surface area contributed by atoms with E-state index >= 15 is 0 Å². The lowest BCUT2D eigenvalue weighted by Crippen LogP contribution is -2.49. The molecule has 3 rings (SSSR count). The summed E-state index contributed by atoms with van der Waals surface area (Å²) in [4.78, 5) is 4.28. The smallest absolute Gasteiger partial charge is 0.255 e. The van der Waals surface area contributed by atoms with Crippen molar-refractivity contribution >= 4 is 30.8 Å². The van der Waals surface area contributed by atoms with Gasteiger partial charge in [0.2, 0.25) is 0 Å². The number of sulfonamides is 1. The van der Waals surface area contributed by atoms with E-state index in [0.717, 1.165) is 5.39 Å². The Balaban J connectivity index is 2.13. The highest BCUT2D eigenvalue weighted by Crippen LogP contribution is 2.29. The molecule has 0 aliphatic carbocycles. The number of benzene rings is 1. The maximum absolute atomic E-state index is 13.2. The van der Waals surface area contributed by atoms with Gasteiger partial charge in [0, 0.05) is 25.7 Å². The highest BCUT2D eigenvalue weighted by atomic mass is 32.2. The summed E-state index contributed by atoms with van der Waals surface area (Å²) >= 11 is 0. The second kappa shape index (κ2) is 6.07. The van der Waals surface area contributed by atoms with Crippen molar-refractivity contribution in [2.24, 2.45) is 0 Å². The largest absolute Gasteiger partial charge is 0.258 e. The number of hydrazine groups is 1. The van der Waals surface area contributed by atoms with Crippen molar-refractivity contribution in [2.75, 3.05) is 25.6 Å². The minimum absolute atomic E-state index is 0.00527. The minimum Gasteiger partial charge on any atom is -0.255 e. The molecular weight excluding hydrogens is 350 g/mol. The van der Waals surface area contributed by atoms with Gasteiger partial charge in [-0.15, -0.1) is 4.41 Å². The lowest BCUT2D eigenvalue weighted by molar-refractivity contribution is 0.0894. The molecule has 0 spiro atoms. The predicted octanol–water partition coefficient (Wildman–Crippen LogP) is 0.889. The third kappa shape index (κ3) is 3.04. The Labute approximate surface area is 141 Å². The Morgan fingerprint density at radius 2 is 1.88 bits per heavy atom. The molecule has 130 valence electrons. The zero-order valence-corrected chi connectivity index (χ0v) is 15.1. The van der Waals surface area contributed by atoms with Gasteiger partial charge in [0.15, 0.2) is 9.84 Å². The lowest BCUT2D eigenvalue weighted by atomic mass is 10.2. The van der Waals surface area contributed by atoms with Crippen LogP contribution in [0.2, 0.25) is 0 Å². The number of nitrogens with zero attached hydrogens (tertiary/aromatic N) is 3. The molecule has 0 amide bonds. The molecule has 0 unspecified atom stereocenters. The number of hydrogen-bond donors (Lipinski definition) is 0. The van der Waals surface area contributed by atoms with Gasteiger partial charge in [0.25, 0.3) is 10.0 Å². The van der Waals surface area contributed by atoms with E-state index < -0.39 is 25.9 Å². The first-order valence-electron chi connectivity index (χ1n) is 7.48. The van der Waals surface area contributed by atoms with Gasteiger partial charge in [0.05, 0.1) is 23.1 Å². The fraction of sp³-hybridized carbons (Fsp3) is 0.400. The van der Waals surface area contributed by atoms with E-state index in [1.54, 1.807) is 44.6 Å². The molecule has 1 atom stereocenters. The summed E-state index contributed by atoms with van der Waals surface area (Å²) in [6.07, 6.45) is 1.83. The van der Waals surface area contributed by atoms with E-state index in [4.69, 9.17) is 0 Å². The molecule has 1 aromatic carbocycles. The van der Waals surface area contributed by atoms with Gasteiger partial charge >= 0.3 is 0 Å². The van der Waals surface area contributed by atoms with Gasteiger partial charge in [0.1, 0.15) is 4.90 Å². The molecule has 1 saturated heterocycles. The van der Waals surface area contributed by atoms with E-state index in [1.165, 1.54) is 15.5 Å². The third-order valence-corrected chi connectivity index (χ3v) is 7.79. The van der Waals surface area contributed by atoms with Crippen molar-refractivity contribution in [3.05, 3.63) is 36.5 Å². The minimum atomic E-state index is -3.93. The molecule has 0 bridgehead atoms. The van der Waals surface area contributed by atoms with Gasteiger partial charge in [-0.3, -0.25) is 4.98 Å². The Bertz CT molecular complexity index is 966. The first-order chi connectivity index (χ1) is 11.2. The van der Waals surface area contributed by atoms with Crippen molar-refractivity contribution in [1.82, 2.24) is 14.4 Å². The Hall–Kier alpha value is -1.55. The van der Waals surface area contributed by atoms with E-state index in [0.29, 0.717) is 5.52 Å². The highest BCUT2D eigenvalue weighted by Gasteiger charge is 2.40. The molecule has 2 aromatic rings. The molecule has 1 aliphatic heterocycles. The summed E-state index contributed by atoms with van der Waals surface area (Å²) in [7, 11) is -3.94. The van der Waals surface area contributed by atoms with E-state index in [9.17, 15) is 16.8 Å². The second-order valence-electron chi connectivity index (χ2n) is 6.01. The maximum atomic E-state index is 13.2. The van der Waals surface area contributed by atoms with Crippen LogP contribution in [0.5, 0.6) is 0 Å². The zero-order valence-electron chi connectivity index (χ0n) is 13.5. The monoisotopic (exact) mass is 369 g/mol. The second-order valence-corrected chi connectivity index (χ2v) is 10.0. The number of fused-ring (bicyclic) bond motifs is 1. The van der Waals surface area contributed by atoms with Crippen LogP contribution in [-0.2, 0) is 19.9 Å². The number of rotatable bonds is 4. The van der Waals surface area contributed by atoms with E-state index in [2.05, 4.69) is 4.98 Å². The van der Waals surface area contributed by atoms with Gasteiger partial charge in [-0.05, 0) is 18.6 Å². The first kappa shape index (κ1) is 17.3. The summed E-state index contributed by atoms with van der Waals surface area (Å²) in [6.45, 7) is 0. The number of aromatic nitrogens is 1. The molecule has 0 radical (unpaired) electrons. The van der Waals surface area contributed by atoms with Crippen molar-refractivity contribution in [1.29, 1.82) is 0 Å². The Morgan fingerprint density at radius 3 is 2.50 bits per heavy atom. The fourth-order valence-electron chi connectivity index (χ4n) is 3.07. The fourth-order valence-corrected chi connectivity index (χ4v) is 6.73. The summed E-state index contributed by atoms with van der Waals surface area (Å²) in [5, 5.41) is 2.15. The quantitative estimate of drug-likeness (QED) is 0.744. The average Bonchev–Trinajstić information content (AvgIpc) is 2.85.